The summed E-state index contributed by atoms with van der Waals surface area (Å²) in [5, 5.41) is 18.4. The van der Waals surface area contributed by atoms with Crippen LogP contribution in [0.15, 0.2) is 95.9 Å². The van der Waals surface area contributed by atoms with Gasteiger partial charge < -0.3 is 10.3 Å². The highest BCUT2D eigenvalue weighted by molar-refractivity contribution is 6.06. The van der Waals surface area contributed by atoms with Crippen LogP contribution in [-0.2, 0) is 4.79 Å². The molecule has 0 spiro atoms. The monoisotopic (exact) mass is 453 g/mol. The number of hydrogen-bond donors (Lipinski definition) is 3. The highest BCUT2D eigenvalue weighted by Crippen LogP contribution is 2.16. The first-order valence-electron chi connectivity index (χ1n) is 10.2. The van der Waals surface area contributed by atoms with Crippen molar-refractivity contribution in [3.63, 3.8) is 0 Å². The van der Waals surface area contributed by atoms with Crippen molar-refractivity contribution < 1.29 is 14.5 Å². The molecule has 0 aliphatic rings. The minimum Gasteiger partial charge on any atom is -0.361 e. The number of nitro benzene ring substituents is 1. The molecule has 0 atom stereocenters. The van der Waals surface area contributed by atoms with E-state index in [1.54, 1.807) is 36.5 Å². The molecular weight excluding hydrogens is 434 g/mol. The summed E-state index contributed by atoms with van der Waals surface area (Å²) in [6.45, 7) is 0. The summed E-state index contributed by atoms with van der Waals surface area (Å²) in [5.41, 5.74) is 4.84. The number of fused-ring (bicyclic) bond motifs is 1. The molecule has 1 aromatic heterocycles. The number of benzene rings is 3. The summed E-state index contributed by atoms with van der Waals surface area (Å²) < 4.78 is 0. The number of para-hydroxylation sites is 1. The molecule has 0 radical (unpaired) electrons. The second-order valence-electron chi connectivity index (χ2n) is 7.22. The van der Waals surface area contributed by atoms with E-state index in [4.69, 9.17) is 0 Å². The molecule has 2 amide bonds. The van der Waals surface area contributed by atoms with Crippen molar-refractivity contribution in [2.45, 2.75) is 0 Å². The highest BCUT2D eigenvalue weighted by atomic mass is 16.6. The Kier molecular flexibility index (Phi) is 6.55. The Morgan fingerprint density at radius 2 is 1.65 bits per heavy atom. The lowest BCUT2D eigenvalue weighted by atomic mass is 10.1. The van der Waals surface area contributed by atoms with Gasteiger partial charge in [-0.1, -0.05) is 36.4 Å². The topological polar surface area (TPSA) is 129 Å². The van der Waals surface area contributed by atoms with E-state index in [2.05, 4.69) is 20.8 Å². The zero-order chi connectivity index (χ0) is 23.9. The third-order valence-electron chi connectivity index (χ3n) is 4.93. The summed E-state index contributed by atoms with van der Waals surface area (Å²) in [6, 6.07) is 21.7. The largest absolute Gasteiger partial charge is 0.361 e. The molecule has 4 rings (SSSR count). The molecule has 34 heavy (non-hydrogen) atoms. The summed E-state index contributed by atoms with van der Waals surface area (Å²) in [5.74, 6) is -1.14. The van der Waals surface area contributed by atoms with E-state index in [1.807, 2.05) is 24.3 Å². The Bertz CT molecular complexity index is 1410. The molecule has 3 aromatic carbocycles. The lowest BCUT2D eigenvalue weighted by Crippen LogP contribution is -2.32. The average molecular weight is 453 g/mol. The molecule has 4 aromatic rings. The lowest BCUT2D eigenvalue weighted by molar-refractivity contribution is -0.384. The van der Waals surface area contributed by atoms with Crippen LogP contribution >= 0.6 is 0 Å². The summed E-state index contributed by atoms with van der Waals surface area (Å²) >= 11 is 0. The molecule has 0 saturated heterocycles. The normalized spacial score (nSPS) is 11.5. The van der Waals surface area contributed by atoms with Gasteiger partial charge in [-0.25, -0.2) is 5.43 Å². The summed E-state index contributed by atoms with van der Waals surface area (Å²) in [6.07, 6.45) is 4.69. The second kappa shape index (κ2) is 10.0. The van der Waals surface area contributed by atoms with Gasteiger partial charge in [-0.15, -0.1) is 0 Å². The van der Waals surface area contributed by atoms with Gasteiger partial charge >= 0.3 is 0 Å². The van der Waals surface area contributed by atoms with Crippen molar-refractivity contribution in [3.8, 4) is 0 Å². The van der Waals surface area contributed by atoms with Gasteiger partial charge in [0.2, 0.25) is 0 Å². The van der Waals surface area contributed by atoms with E-state index in [-0.39, 0.29) is 11.4 Å². The lowest BCUT2D eigenvalue weighted by Gasteiger charge is -2.09. The molecular formula is C25H19N5O4. The maximum Gasteiger partial charge on any atom is 0.287 e. The molecule has 9 nitrogen and oxygen atoms in total. The Morgan fingerprint density at radius 3 is 2.38 bits per heavy atom. The van der Waals surface area contributed by atoms with Crippen LogP contribution in [0.3, 0.4) is 0 Å². The zero-order valence-corrected chi connectivity index (χ0v) is 17.8. The predicted molar refractivity (Wildman–Crippen MR) is 129 cm³/mol. The van der Waals surface area contributed by atoms with Gasteiger partial charge in [0.15, 0.2) is 0 Å². The van der Waals surface area contributed by atoms with E-state index in [0.29, 0.717) is 11.1 Å². The van der Waals surface area contributed by atoms with Crippen molar-refractivity contribution in [2.24, 2.45) is 5.10 Å². The van der Waals surface area contributed by atoms with Crippen molar-refractivity contribution in [2.75, 3.05) is 0 Å². The molecule has 3 N–H and O–H groups in total. The number of amides is 2. The van der Waals surface area contributed by atoms with Gasteiger partial charge in [-0.2, -0.15) is 5.10 Å². The van der Waals surface area contributed by atoms with E-state index in [0.717, 1.165) is 16.5 Å². The van der Waals surface area contributed by atoms with Gasteiger partial charge in [-0.3, -0.25) is 19.7 Å². The number of H-pyrrole nitrogens is 1. The highest BCUT2D eigenvalue weighted by Gasteiger charge is 2.15. The molecule has 1 heterocycles. The van der Waals surface area contributed by atoms with Crippen molar-refractivity contribution in [1.29, 1.82) is 0 Å². The number of hydrogen-bond acceptors (Lipinski definition) is 5. The molecule has 0 saturated carbocycles. The molecule has 0 aliphatic heterocycles. The van der Waals surface area contributed by atoms with Crippen LogP contribution in [0.4, 0.5) is 5.69 Å². The average Bonchev–Trinajstić information content (AvgIpc) is 3.27. The standard InChI is InChI=1S/C25H19N5O4/c31-24(18-6-2-1-3-7-18)28-23(14-17-10-12-20(13-11-17)30(33)34)25(32)29-27-16-19-15-26-22-9-5-4-8-21(19)22/h1-16,26H,(H,28,31)(H,29,32)/b23-14+,27-16+. The summed E-state index contributed by atoms with van der Waals surface area (Å²) in [7, 11) is 0. The van der Waals surface area contributed by atoms with Crippen LogP contribution in [0.5, 0.6) is 0 Å². The first-order chi connectivity index (χ1) is 16.5. The Morgan fingerprint density at radius 1 is 0.941 bits per heavy atom. The minimum atomic E-state index is -0.654. The fraction of sp³-hybridized carbons (Fsp3) is 0. The fourth-order valence-electron chi connectivity index (χ4n) is 3.22. The quantitative estimate of drug-likeness (QED) is 0.169. The number of carbonyl (C=O) groups excluding carboxylic acids is 2. The van der Waals surface area contributed by atoms with E-state index in [1.165, 1.54) is 36.6 Å². The number of carbonyl (C=O) groups is 2. The second-order valence-corrected chi connectivity index (χ2v) is 7.22. The number of aromatic amines is 1. The van der Waals surface area contributed by atoms with E-state index in [9.17, 15) is 19.7 Å². The van der Waals surface area contributed by atoms with Crippen LogP contribution < -0.4 is 10.7 Å². The van der Waals surface area contributed by atoms with Crippen LogP contribution in [0, 0.1) is 10.1 Å². The van der Waals surface area contributed by atoms with Crippen molar-refractivity contribution in [1.82, 2.24) is 15.7 Å². The molecule has 9 heteroatoms. The smallest absolute Gasteiger partial charge is 0.287 e. The number of aromatic nitrogens is 1. The number of nitrogens with zero attached hydrogens (tertiary/aromatic N) is 2. The van der Waals surface area contributed by atoms with E-state index < -0.39 is 16.7 Å². The van der Waals surface area contributed by atoms with Crippen LogP contribution in [0.1, 0.15) is 21.5 Å². The third-order valence-corrected chi connectivity index (χ3v) is 4.93. The number of hydrazone groups is 1. The Balaban J connectivity index is 1.56. The van der Waals surface area contributed by atoms with Crippen molar-refractivity contribution in [3.05, 3.63) is 118 Å². The van der Waals surface area contributed by atoms with Gasteiger partial charge in [0.1, 0.15) is 5.70 Å². The van der Waals surface area contributed by atoms with Crippen LogP contribution in [0.2, 0.25) is 0 Å². The van der Waals surface area contributed by atoms with Crippen LogP contribution in [0.25, 0.3) is 17.0 Å². The minimum absolute atomic E-state index is 0.0706. The zero-order valence-electron chi connectivity index (χ0n) is 17.8. The SMILES string of the molecule is O=C(N/N=C/c1c[nH]c2ccccc12)/C(=C\c1ccc([N+](=O)[O-])cc1)NC(=O)c1ccccc1. The molecule has 0 aliphatic carbocycles. The molecule has 168 valence electrons. The number of nitrogens with one attached hydrogen (secondary N) is 3. The first-order valence-corrected chi connectivity index (χ1v) is 10.2. The Hall–Kier alpha value is -5.05. The van der Waals surface area contributed by atoms with Crippen molar-refractivity contribution >= 4 is 40.7 Å². The van der Waals surface area contributed by atoms with Gasteiger partial charge in [0.05, 0.1) is 11.1 Å². The third kappa shape index (κ3) is 5.22. The Labute approximate surface area is 194 Å². The number of nitro groups is 1. The van der Waals surface area contributed by atoms with Gasteiger partial charge in [-0.05, 0) is 42.0 Å². The van der Waals surface area contributed by atoms with E-state index >= 15 is 0 Å². The molecule has 0 fully saturated rings. The fourth-order valence-corrected chi connectivity index (χ4v) is 3.22. The number of rotatable bonds is 7. The number of non-ortho nitro benzene ring substituents is 1. The first kappa shape index (κ1) is 22.2. The summed E-state index contributed by atoms with van der Waals surface area (Å²) in [4.78, 5) is 39.0. The van der Waals surface area contributed by atoms with Gasteiger partial charge in [0.25, 0.3) is 17.5 Å². The molecule has 0 bridgehead atoms. The molecule has 0 unspecified atom stereocenters. The predicted octanol–water partition coefficient (Wildman–Crippen LogP) is 4.00. The van der Waals surface area contributed by atoms with Crippen LogP contribution in [-0.4, -0.2) is 27.9 Å². The van der Waals surface area contributed by atoms with Gasteiger partial charge in [0, 0.05) is 40.4 Å². The maximum atomic E-state index is 12.9. The maximum absolute atomic E-state index is 12.9.